The summed E-state index contributed by atoms with van der Waals surface area (Å²) in [5, 5.41) is 0. The Morgan fingerprint density at radius 3 is 1.82 bits per heavy atom. The second-order valence-electron chi connectivity index (χ2n) is 4.12. The number of ether oxygens (including phenoxy) is 1. The molecule has 0 unspecified atom stereocenters. The van der Waals surface area contributed by atoms with Crippen molar-refractivity contribution in [3.8, 4) is 5.75 Å². The highest BCUT2D eigenvalue weighted by atomic mass is 35.5. The lowest BCUT2D eigenvalue weighted by molar-refractivity contribution is 0.411. The Morgan fingerprint density at radius 2 is 1.47 bits per heavy atom. The van der Waals surface area contributed by atoms with Crippen molar-refractivity contribution in [3.05, 3.63) is 29.8 Å². The molecule has 100 valence electrons. The zero-order valence-electron chi connectivity index (χ0n) is 10.4. The SMILES string of the molecule is COc1ccc([C@@H](N)[C@H](N)C(C)C)cc1.Cl.Cl. The third-order valence-corrected chi connectivity index (χ3v) is 2.69. The fraction of sp³-hybridized carbons (Fsp3) is 0.500. The Labute approximate surface area is 116 Å². The highest BCUT2D eigenvalue weighted by molar-refractivity contribution is 5.85. The van der Waals surface area contributed by atoms with E-state index in [0.717, 1.165) is 11.3 Å². The van der Waals surface area contributed by atoms with Crippen molar-refractivity contribution < 1.29 is 4.74 Å². The van der Waals surface area contributed by atoms with Crippen LogP contribution in [0.1, 0.15) is 25.5 Å². The molecular formula is C12H22Cl2N2O. The number of benzene rings is 1. The van der Waals surface area contributed by atoms with Gasteiger partial charge in [-0.1, -0.05) is 26.0 Å². The van der Waals surface area contributed by atoms with Crippen molar-refractivity contribution in [1.82, 2.24) is 0 Å². The molecule has 0 aromatic heterocycles. The second kappa shape index (κ2) is 8.59. The first-order valence-corrected chi connectivity index (χ1v) is 5.21. The summed E-state index contributed by atoms with van der Waals surface area (Å²) in [5.41, 5.74) is 13.1. The van der Waals surface area contributed by atoms with Gasteiger partial charge in [-0.05, 0) is 23.6 Å². The minimum absolute atomic E-state index is 0. The summed E-state index contributed by atoms with van der Waals surface area (Å²) in [6, 6.07) is 7.61. The molecule has 0 saturated heterocycles. The number of halogens is 2. The molecule has 1 aromatic carbocycles. The molecule has 0 radical (unpaired) electrons. The number of rotatable bonds is 4. The predicted molar refractivity (Wildman–Crippen MR) is 77.2 cm³/mol. The third-order valence-electron chi connectivity index (χ3n) is 2.69. The third kappa shape index (κ3) is 5.13. The zero-order chi connectivity index (χ0) is 11.4. The van der Waals surface area contributed by atoms with Crippen LogP contribution >= 0.6 is 24.8 Å². The highest BCUT2D eigenvalue weighted by Crippen LogP contribution is 2.20. The van der Waals surface area contributed by atoms with E-state index in [1.54, 1.807) is 7.11 Å². The van der Waals surface area contributed by atoms with E-state index < -0.39 is 0 Å². The van der Waals surface area contributed by atoms with Crippen molar-refractivity contribution >= 4 is 24.8 Å². The lowest BCUT2D eigenvalue weighted by Gasteiger charge is -2.23. The monoisotopic (exact) mass is 280 g/mol. The van der Waals surface area contributed by atoms with E-state index >= 15 is 0 Å². The predicted octanol–water partition coefficient (Wildman–Crippen LogP) is 2.52. The van der Waals surface area contributed by atoms with Crippen molar-refractivity contribution in [2.75, 3.05) is 7.11 Å². The Morgan fingerprint density at radius 1 is 1.00 bits per heavy atom. The van der Waals surface area contributed by atoms with Gasteiger partial charge >= 0.3 is 0 Å². The van der Waals surface area contributed by atoms with Gasteiger partial charge in [-0.2, -0.15) is 0 Å². The molecule has 0 bridgehead atoms. The Bertz CT molecular complexity index is 304. The van der Waals surface area contributed by atoms with Gasteiger partial charge in [0, 0.05) is 12.1 Å². The fourth-order valence-electron chi connectivity index (χ4n) is 1.46. The lowest BCUT2D eigenvalue weighted by Crippen LogP contribution is -2.38. The van der Waals surface area contributed by atoms with Crippen molar-refractivity contribution in [3.63, 3.8) is 0 Å². The summed E-state index contributed by atoms with van der Waals surface area (Å²) in [5.74, 6) is 1.21. The van der Waals surface area contributed by atoms with Gasteiger partial charge in [0.05, 0.1) is 7.11 Å². The molecule has 17 heavy (non-hydrogen) atoms. The van der Waals surface area contributed by atoms with Gasteiger partial charge < -0.3 is 16.2 Å². The average molecular weight is 281 g/mol. The Kier molecular flexibility index (Phi) is 9.53. The van der Waals surface area contributed by atoms with Crippen LogP contribution in [0.25, 0.3) is 0 Å². The van der Waals surface area contributed by atoms with Crippen LogP contribution < -0.4 is 16.2 Å². The molecule has 0 aliphatic carbocycles. The van der Waals surface area contributed by atoms with Gasteiger partial charge in [0.2, 0.25) is 0 Å². The van der Waals surface area contributed by atoms with Crippen molar-refractivity contribution in [2.45, 2.75) is 25.9 Å². The minimum Gasteiger partial charge on any atom is -0.497 e. The van der Waals surface area contributed by atoms with Crippen molar-refractivity contribution in [1.29, 1.82) is 0 Å². The van der Waals surface area contributed by atoms with E-state index in [0.29, 0.717) is 5.92 Å². The molecule has 0 aliphatic rings. The summed E-state index contributed by atoms with van der Waals surface area (Å²) >= 11 is 0. The summed E-state index contributed by atoms with van der Waals surface area (Å²) in [6.07, 6.45) is 0. The zero-order valence-corrected chi connectivity index (χ0v) is 12.1. The van der Waals surface area contributed by atoms with E-state index in [2.05, 4.69) is 13.8 Å². The highest BCUT2D eigenvalue weighted by Gasteiger charge is 2.18. The molecule has 2 atom stereocenters. The van der Waals surface area contributed by atoms with Crippen LogP contribution in [0.3, 0.4) is 0 Å². The average Bonchev–Trinajstić information content (AvgIpc) is 2.27. The molecule has 0 heterocycles. The van der Waals surface area contributed by atoms with Crippen LogP contribution in [0, 0.1) is 5.92 Å². The van der Waals surface area contributed by atoms with Crippen LogP contribution in [0.15, 0.2) is 24.3 Å². The van der Waals surface area contributed by atoms with Crippen LogP contribution in [0.2, 0.25) is 0 Å². The molecule has 0 fully saturated rings. The molecular weight excluding hydrogens is 259 g/mol. The smallest absolute Gasteiger partial charge is 0.118 e. The molecule has 3 nitrogen and oxygen atoms in total. The standard InChI is InChI=1S/C12H20N2O.2ClH/c1-8(2)11(13)12(14)9-4-6-10(15-3)7-5-9;;/h4-8,11-12H,13-14H2,1-3H3;2*1H/t11-,12-;;/m1../s1. The van der Waals surface area contributed by atoms with E-state index in [9.17, 15) is 0 Å². The Hall–Kier alpha value is -0.480. The maximum atomic E-state index is 6.07. The van der Waals surface area contributed by atoms with Crippen molar-refractivity contribution in [2.24, 2.45) is 17.4 Å². The molecule has 0 aliphatic heterocycles. The van der Waals surface area contributed by atoms with E-state index in [4.69, 9.17) is 16.2 Å². The lowest BCUT2D eigenvalue weighted by atomic mass is 9.93. The van der Waals surface area contributed by atoms with Gasteiger partial charge in [-0.25, -0.2) is 0 Å². The maximum absolute atomic E-state index is 6.07. The van der Waals surface area contributed by atoms with E-state index in [1.807, 2.05) is 24.3 Å². The molecule has 4 N–H and O–H groups in total. The van der Waals surface area contributed by atoms with Gasteiger partial charge in [0.1, 0.15) is 5.75 Å². The fourth-order valence-corrected chi connectivity index (χ4v) is 1.46. The Balaban J connectivity index is 0. The molecule has 0 saturated carbocycles. The molecule has 0 spiro atoms. The number of methoxy groups -OCH3 is 1. The quantitative estimate of drug-likeness (QED) is 0.891. The van der Waals surface area contributed by atoms with Gasteiger partial charge in [0.15, 0.2) is 0 Å². The topological polar surface area (TPSA) is 61.3 Å². The number of hydrogen-bond acceptors (Lipinski definition) is 3. The summed E-state index contributed by atoms with van der Waals surface area (Å²) in [4.78, 5) is 0. The summed E-state index contributed by atoms with van der Waals surface area (Å²) < 4.78 is 5.08. The minimum atomic E-state index is -0.115. The summed E-state index contributed by atoms with van der Waals surface area (Å²) in [6.45, 7) is 4.15. The molecule has 1 rings (SSSR count). The largest absolute Gasteiger partial charge is 0.497 e. The molecule has 1 aromatic rings. The number of nitrogens with two attached hydrogens (primary N) is 2. The molecule has 0 amide bonds. The first kappa shape index (κ1) is 18.9. The van der Waals surface area contributed by atoms with E-state index in [-0.39, 0.29) is 36.9 Å². The number of hydrogen-bond donors (Lipinski definition) is 2. The van der Waals surface area contributed by atoms with Crippen LogP contribution in [0.5, 0.6) is 5.75 Å². The second-order valence-corrected chi connectivity index (χ2v) is 4.12. The van der Waals surface area contributed by atoms with Gasteiger partial charge in [-0.3, -0.25) is 0 Å². The maximum Gasteiger partial charge on any atom is 0.118 e. The van der Waals surface area contributed by atoms with Crippen LogP contribution in [-0.4, -0.2) is 13.2 Å². The summed E-state index contributed by atoms with van der Waals surface area (Å²) in [7, 11) is 1.65. The van der Waals surface area contributed by atoms with Gasteiger partial charge in [0.25, 0.3) is 0 Å². The first-order valence-electron chi connectivity index (χ1n) is 5.21. The van der Waals surface area contributed by atoms with Crippen LogP contribution in [0.4, 0.5) is 0 Å². The van der Waals surface area contributed by atoms with Crippen LogP contribution in [-0.2, 0) is 0 Å². The first-order chi connectivity index (χ1) is 7.06. The van der Waals surface area contributed by atoms with E-state index in [1.165, 1.54) is 0 Å². The molecule has 5 heteroatoms. The normalized spacial score (nSPS) is 13.3. The van der Waals surface area contributed by atoms with Gasteiger partial charge in [-0.15, -0.1) is 24.8 Å².